The number of carbonyl (C=O) groups is 2. The Hall–Kier alpha value is -3.22. The van der Waals surface area contributed by atoms with Crippen LogP contribution in [0.1, 0.15) is 33.2 Å². The Labute approximate surface area is 187 Å². The van der Waals surface area contributed by atoms with Crippen LogP contribution in [0.15, 0.2) is 24.5 Å². The molecule has 1 saturated heterocycles. The molecule has 13 heteroatoms. The summed E-state index contributed by atoms with van der Waals surface area (Å²) in [6.45, 7) is 5.47. The molecule has 33 heavy (non-hydrogen) atoms. The van der Waals surface area contributed by atoms with Crippen molar-refractivity contribution in [3.8, 4) is 17.1 Å². The lowest BCUT2D eigenvalue weighted by Gasteiger charge is -2.34. The fourth-order valence-corrected chi connectivity index (χ4v) is 3.76. The minimum Gasteiger partial charge on any atom is -0.404 e. The van der Waals surface area contributed by atoms with Crippen molar-refractivity contribution in [3.05, 3.63) is 24.5 Å². The Morgan fingerprint density at radius 3 is 2.48 bits per heavy atom. The highest BCUT2D eigenvalue weighted by atomic mass is 19.4. The fourth-order valence-electron chi connectivity index (χ4n) is 3.76. The van der Waals surface area contributed by atoms with Gasteiger partial charge in [-0.15, -0.1) is 18.3 Å². The molecule has 2 unspecified atom stereocenters. The Morgan fingerprint density at radius 1 is 1.24 bits per heavy atom. The number of rotatable bonds is 5. The van der Waals surface area contributed by atoms with Gasteiger partial charge in [0.2, 0.25) is 11.8 Å². The third kappa shape index (κ3) is 5.59. The summed E-state index contributed by atoms with van der Waals surface area (Å²) in [4.78, 5) is 31.0. The molecule has 2 N–H and O–H groups in total. The number of nitrogens with zero attached hydrogens (tertiary/aromatic N) is 5. The minimum absolute atomic E-state index is 0.00722. The van der Waals surface area contributed by atoms with Crippen molar-refractivity contribution in [2.45, 2.75) is 51.7 Å². The zero-order valence-corrected chi connectivity index (χ0v) is 18.5. The first-order valence-electron chi connectivity index (χ1n) is 10.1. The molecule has 0 saturated carbocycles. The number of ether oxygens (including phenoxy) is 1. The second-order valence-corrected chi connectivity index (χ2v) is 8.79. The number of aliphatic hydroxyl groups excluding tert-OH is 1. The van der Waals surface area contributed by atoms with Crippen LogP contribution in [0.4, 0.5) is 13.2 Å². The molecule has 10 nitrogen and oxygen atoms in total. The number of likely N-dealkylation sites (tertiary alicyclic amines) is 1. The molecule has 1 aliphatic heterocycles. The van der Waals surface area contributed by atoms with Gasteiger partial charge in [0, 0.05) is 20.0 Å². The summed E-state index contributed by atoms with van der Waals surface area (Å²) in [7, 11) is 1.46. The summed E-state index contributed by atoms with van der Waals surface area (Å²) >= 11 is 0. The van der Waals surface area contributed by atoms with Crippen molar-refractivity contribution in [1.29, 1.82) is 0 Å². The summed E-state index contributed by atoms with van der Waals surface area (Å²) in [6, 6.07) is 0.708. The van der Waals surface area contributed by atoms with Gasteiger partial charge in [-0.3, -0.25) is 14.6 Å². The molecule has 2 amide bonds. The first-order valence-corrected chi connectivity index (χ1v) is 10.1. The Morgan fingerprint density at radius 2 is 1.94 bits per heavy atom. The lowest BCUT2D eigenvalue weighted by atomic mass is 9.85. The predicted molar refractivity (Wildman–Crippen MR) is 109 cm³/mol. The quantitative estimate of drug-likeness (QED) is 0.680. The summed E-state index contributed by atoms with van der Waals surface area (Å²) < 4.78 is 42.2. The molecule has 0 radical (unpaired) electrons. The molecule has 2 aromatic heterocycles. The number of amides is 2. The van der Waals surface area contributed by atoms with Crippen molar-refractivity contribution in [2.75, 3.05) is 13.6 Å². The Bertz CT molecular complexity index is 1000. The Balaban J connectivity index is 1.88. The molecular weight excluding hydrogens is 445 g/mol. The largest absolute Gasteiger partial charge is 0.573 e. The van der Waals surface area contributed by atoms with E-state index >= 15 is 0 Å². The molecule has 3 atom stereocenters. The fraction of sp³-hybridized carbons (Fsp3) is 0.550. The monoisotopic (exact) mass is 470 g/mol. The van der Waals surface area contributed by atoms with E-state index in [1.807, 2.05) is 20.8 Å². The third-order valence-electron chi connectivity index (χ3n) is 5.17. The molecule has 180 valence electrons. The van der Waals surface area contributed by atoms with Crippen LogP contribution in [0.3, 0.4) is 0 Å². The molecule has 0 aromatic carbocycles. The standard InChI is InChI=1S/C20H25F3N6O4/c1-19(2,3)16(18(32)28-9-11(30)7-15(28)17(31)24-4)29-10-14(26-27-29)13-6-5-12(8-25-13)33-20(21,22)23/h5-6,8,10-11,15-16,30H,7,9H2,1-4H3,(H,24,31)/t11?,15?,16-/m1/s1. The van der Waals surface area contributed by atoms with Crippen LogP contribution in [0.5, 0.6) is 5.75 Å². The van der Waals surface area contributed by atoms with E-state index in [9.17, 15) is 27.9 Å². The van der Waals surface area contributed by atoms with Crippen LogP contribution in [0.25, 0.3) is 11.4 Å². The highest BCUT2D eigenvalue weighted by molar-refractivity contribution is 5.90. The van der Waals surface area contributed by atoms with Crippen LogP contribution in [0, 0.1) is 5.41 Å². The van der Waals surface area contributed by atoms with Crippen LogP contribution >= 0.6 is 0 Å². The number of halogens is 3. The number of alkyl halides is 3. The van der Waals surface area contributed by atoms with Gasteiger partial charge in [0.1, 0.15) is 23.5 Å². The molecule has 1 fully saturated rings. The van der Waals surface area contributed by atoms with Crippen molar-refractivity contribution in [1.82, 2.24) is 30.2 Å². The van der Waals surface area contributed by atoms with E-state index < -0.39 is 41.6 Å². The van der Waals surface area contributed by atoms with Crippen molar-refractivity contribution in [3.63, 3.8) is 0 Å². The lowest BCUT2D eigenvalue weighted by Crippen LogP contribution is -2.49. The van der Waals surface area contributed by atoms with E-state index in [-0.39, 0.29) is 30.3 Å². The van der Waals surface area contributed by atoms with Crippen LogP contribution in [-0.4, -0.2) is 73.9 Å². The predicted octanol–water partition coefficient (Wildman–Crippen LogP) is 1.53. The van der Waals surface area contributed by atoms with E-state index in [2.05, 4.69) is 25.3 Å². The van der Waals surface area contributed by atoms with E-state index in [1.54, 1.807) is 0 Å². The number of aromatic nitrogens is 4. The highest BCUT2D eigenvalue weighted by Gasteiger charge is 2.45. The minimum atomic E-state index is -4.83. The highest BCUT2D eigenvalue weighted by Crippen LogP contribution is 2.35. The number of hydrogen-bond acceptors (Lipinski definition) is 7. The van der Waals surface area contributed by atoms with E-state index in [1.165, 1.54) is 28.9 Å². The van der Waals surface area contributed by atoms with Gasteiger partial charge in [-0.25, -0.2) is 4.68 Å². The summed E-state index contributed by atoms with van der Waals surface area (Å²) in [5, 5.41) is 20.6. The number of nitrogens with one attached hydrogen (secondary N) is 1. The number of β-amino-alcohol motifs (C(OH)–C–C–N with tert-alkyl or cyclic N) is 1. The molecule has 3 heterocycles. The lowest BCUT2D eigenvalue weighted by molar-refractivity contribution is -0.274. The van der Waals surface area contributed by atoms with Crippen molar-refractivity contribution in [2.24, 2.45) is 5.41 Å². The average Bonchev–Trinajstić information content (AvgIpc) is 3.33. The summed E-state index contributed by atoms with van der Waals surface area (Å²) in [5.41, 5.74) is -0.184. The summed E-state index contributed by atoms with van der Waals surface area (Å²) in [5.74, 6) is -1.27. The second kappa shape index (κ2) is 8.96. The van der Waals surface area contributed by atoms with Crippen LogP contribution < -0.4 is 10.1 Å². The number of carbonyl (C=O) groups excluding carboxylic acids is 2. The van der Waals surface area contributed by atoms with E-state index in [0.29, 0.717) is 0 Å². The molecule has 0 bridgehead atoms. The molecule has 0 spiro atoms. The van der Waals surface area contributed by atoms with Gasteiger partial charge in [-0.2, -0.15) is 0 Å². The van der Waals surface area contributed by atoms with Crippen LogP contribution in [0.2, 0.25) is 0 Å². The maximum absolute atomic E-state index is 13.5. The van der Waals surface area contributed by atoms with Gasteiger partial charge in [0.05, 0.1) is 24.2 Å². The van der Waals surface area contributed by atoms with E-state index in [0.717, 1.165) is 12.3 Å². The topological polar surface area (TPSA) is 122 Å². The average molecular weight is 470 g/mol. The number of likely N-dealkylation sites (N-methyl/N-ethyl adjacent to an activating group) is 1. The van der Waals surface area contributed by atoms with Gasteiger partial charge in [-0.1, -0.05) is 26.0 Å². The number of aliphatic hydroxyl groups is 1. The normalized spacial score (nSPS) is 19.9. The van der Waals surface area contributed by atoms with Crippen molar-refractivity contribution >= 4 is 11.8 Å². The Kier molecular flexibility index (Phi) is 6.63. The second-order valence-electron chi connectivity index (χ2n) is 8.79. The van der Waals surface area contributed by atoms with Gasteiger partial charge in [-0.05, 0) is 17.5 Å². The van der Waals surface area contributed by atoms with Crippen molar-refractivity contribution < 1.29 is 32.6 Å². The molecule has 3 rings (SSSR count). The number of hydrogen-bond donors (Lipinski definition) is 2. The van der Waals surface area contributed by atoms with E-state index in [4.69, 9.17) is 0 Å². The maximum atomic E-state index is 13.5. The first-order chi connectivity index (χ1) is 15.3. The zero-order chi connectivity index (χ0) is 24.6. The van der Waals surface area contributed by atoms with Gasteiger partial charge < -0.3 is 20.1 Å². The smallest absolute Gasteiger partial charge is 0.404 e. The molecule has 2 aromatic rings. The molecular formula is C20H25F3N6O4. The van der Waals surface area contributed by atoms with Crippen LogP contribution in [-0.2, 0) is 9.59 Å². The molecule has 0 aliphatic carbocycles. The van der Waals surface area contributed by atoms with Gasteiger partial charge >= 0.3 is 6.36 Å². The van der Waals surface area contributed by atoms with Gasteiger partial charge in [0.25, 0.3) is 0 Å². The third-order valence-corrected chi connectivity index (χ3v) is 5.17. The summed E-state index contributed by atoms with van der Waals surface area (Å²) in [6.07, 6.45) is -3.16. The maximum Gasteiger partial charge on any atom is 0.573 e. The first kappa shape index (κ1) is 24.4. The zero-order valence-electron chi connectivity index (χ0n) is 18.5. The number of pyridine rings is 1. The SMILES string of the molecule is CNC(=O)C1CC(O)CN1C(=O)[C@@H](n1cc(-c2ccc(OC(F)(F)F)cn2)nn1)C(C)(C)C. The molecule has 1 aliphatic rings. The van der Waals surface area contributed by atoms with Gasteiger partial charge in [0.15, 0.2) is 0 Å².